The van der Waals surface area contributed by atoms with E-state index < -0.39 is 0 Å². The minimum absolute atomic E-state index is 0.0762. The Balaban J connectivity index is 1.39. The number of ether oxygens (including phenoxy) is 1. The summed E-state index contributed by atoms with van der Waals surface area (Å²) in [6.45, 7) is 4.67. The fraction of sp³-hybridized carbons (Fsp3) is 0.500. The van der Waals surface area contributed by atoms with Gasteiger partial charge in [-0.05, 0) is 24.5 Å². The standard InChI is InChI=1S/C18H22N4O3/c23-18(14-4-5-14)19-11-16-20-17(21-25-16)15-3-1-2-13(10-15)12-22-6-8-24-9-7-22/h1-3,10,14H,4-9,11-12H2,(H,19,23). The summed E-state index contributed by atoms with van der Waals surface area (Å²) in [5.41, 5.74) is 2.14. The number of morpholine rings is 1. The number of hydrogen-bond acceptors (Lipinski definition) is 6. The molecular weight excluding hydrogens is 320 g/mol. The third kappa shape index (κ3) is 4.24. The number of hydrogen-bond donors (Lipinski definition) is 1. The quantitative estimate of drug-likeness (QED) is 0.859. The van der Waals surface area contributed by atoms with Gasteiger partial charge >= 0.3 is 0 Å². The zero-order valence-corrected chi connectivity index (χ0v) is 14.1. The summed E-state index contributed by atoms with van der Waals surface area (Å²) < 4.78 is 10.6. The molecule has 1 N–H and O–H groups in total. The van der Waals surface area contributed by atoms with Crippen LogP contribution in [0, 0.1) is 5.92 Å². The number of benzene rings is 1. The molecule has 1 aliphatic heterocycles. The van der Waals surface area contributed by atoms with Crippen LogP contribution in [-0.2, 0) is 22.6 Å². The SMILES string of the molecule is O=C(NCc1nc(-c2cccc(CN3CCOCC3)c2)no1)C1CC1. The van der Waals surface area contributed by atoms with Gasteiger partial charge in [0.2, 0.25) is 17.6 Å². The monoisotopic (exact) mass is 342 g/mol. The van der Waals surface area contributed by atoms with Crippen LogP contribution in [0.4, 0.5) is 0 Å². The Morgan fingerprint density at radius 1 is 1.28 bits per heavy atom. The van der Waals surface area contributed by atoms with E-state index in [2.05, 4.69) is 32.5 Å². The fourth-order valence-electron chi connectivity index (χ4n) is 2.92. The largest absolute Gasteiger partial charge is 0.379 e. The van der Waals surface area contributed by atoms with Crippen LogP contribution in [0.15, 0.2) is 28.8 Å². The van der Waals surface area contributed by atoms with E-state index in [-0.39, 0.29) is 18.4 Å². The fourth-order valence-corrected chi connectivity index (χ4v) is 2.92. The van der Waals surface area contributed by atoms with E-state index in [4.69, 9.17) is 9.26 Å². The minimum atomic E-state index is 0.0762. The number of rotatable bonds is 6. The first-order chi connectivity index (χ1) is 12.3. The minimum Gasteiger partial charge on any atom is -0.379 e. The third-order valence-electron chi connectivity index (χ3n) is 4.53. The molecule has 0 unspecified atom stereocenters. The lowest BCUT2D eigenvalue weighted by Crippen LogP contribution is -2.35. The van der Waals surface area contributed by atoms with Crippen LogP contribution in [0.5, 0.6) is 0 Å². The predicted octanol–water partition coefficient (Wildman–Crippen LogP) is 1.59. The van der Waals surface area contributed by atoms with Crippen molar-refractivity contribution in [3.8, 4) is 11.4 Å². The highest BCUT2D eigenvalue weighted by molar-refractivity contribution is 5.80. The molecule has 0 atom stereocenters. The van der Waals surface area contributed by atoms with Crippen LogP contribution in [-0.4, -0.2) is 47.3 Å². The van der Waals surface area contributed by atoms with Crippen LogP contribution in [0.25, 0.3) is 11.4 Å². The highest BCUT2D eigenvalue weighted by Gasteiger charge is 2.29. The first kappa shape index (κ1) is 16.2. The Bertz CT molecular complexity index is 735. The first-order valence-corrected chi connectivity index (χ1v) is 8.77. The molecule has 132 valence electrons. The summed E-state index contributed by atoms with van der Waals surface area (Å²) in [6, 6.07) is 8.18. The van der Waals surface area contributed by atoms with Gasteiger partial charge in [-0.15, -0.1) is 0 Å². The van der Waals surface area contributed by atoms with Crippen molar-refractivity contribution in [2.45, 2.75) is 25.9 Å². The smallest absolute Gasteiger partial charge is 0.246 e. The highest BCUT2D eigenvalue weighted by atomic mass is 16.5. The predicted molar refractivity (Wildman–Crippen MR) is 90.4 cm³/mol. The molecule has 1 amide bonds. The Kier molecular flexibility index (Phi) is 4.76. The molecule has 1 aromatic heterocycles. The zero-order valence-electron chi connectivity index (χ0n) is 14.1. The average molecular weight is 342 g/mol. The van der Waals surface area contributed by atoms with E-state index in [0.717, 1.165) is 51.3 Å². The second-order valence-electron chi connectivity index (χ2n) is 6.59. The van der Waals surface area contributed by atoms with Gasteiger partial charge in [-0.1, -0.05) is 23.4 Å². The first-order valence-electron chi connectivity index (χ1n) is 8.77. The maximum atomic E-state index is 11.7. The van der Waals surface area contributed by atoms with E-state index in [1.54, 1.807) is 0 Å². The number of aromatic nitrogens is 2. The van der Waals surface area contributed by atoms with E-state index in [9.17, 15) is 4.79 Å². The van der Waals surface area contributed by atoms with Gasteiger partial charge in [0, 0.05) is 31.1 Å². The molecular formula is C18H22N4O3. The summed E-state index contributed by atoms with van der Waals surface area (Å²) in [7, 11) is 0. The van der Waals surface area contributed by atoms with Crippen molar-refractivity contribution >= 4 is 5.91 Å². The molecule has 0 bridgehead atoms. The molecule has 25 heavy (non-hydrogen) atoms. The van der Waals surface area contributed by atoms with Crippen molar-refractivity contribution < 1.29 is 14.1 Å². The molecule has 1 aliphatic carbocycles. The number of carbonyl (C=O) groups excluding carboxylic acids is 1. The second-order valence-corrected chi connectivity index (χ2v) is 6.59. The van der Waals surface area contributed by atoms with E-state index in [1.807, 2.05) is 12.1 Å². The normalized spacial score (nSPS) is 18.2. The van der Waals surface area contributed by atoms with Gasteiger partial charge in [-0.2, -0.15) is 4.98 Å². The summed E-state index contributed by atoms with van der Waals surface area (Å²) in [4.78, 5) is 18.4. The lowest BCUT2D eigenvalue weighted by Gasteiger charge is -2.26. The molecule has 0 radical (unpaired) electrons. The highest BCUT2D eigenvalue weighted by Crippen LogP contribution is 2.28. The Hall–Kier alpha value is -2.25. The molecule has 4 rings (SSSR count). The number of nitrogens with one attached hydrogen (secondary N) is 1. The van der Waals surface area contributed by atoms with Gasteiger partial charge in [0.15, 0.2) is 0 Å². The lowest BCUT2D eigenvalue weighted by molar-refractivity contribution is -0.122. The van der Waals surface area contributed by atoms with Crippen molar-refractivity contribution in [1.82, 2.24) is 20.4 Å². The summed E-state index contributed by atoms with van der Waals surface area (Å²) in [5, 5.41) is 6.88. The van der Waals surface area contributed by atoms with Crippen LogP contribution in [0.3, 0.4) is 0 Å². The summed E-state index contributed by atoms with van der Waals surface area (Å²) in [6.07, 6.45) is 1.97. The molecule has 2 heterocycles. The van der Waals surface area contributed by atoms with Crippen LogP contribution in [0.2, 0.25) is 0 Å². The van der Waals surface area contributed by atoms with Gasteiger partial charge < -0.3 is 14.6 Å². The summed E-state index contributed by atoms with van der Waals surface area (Å²) >= 11 is 0. The maximum absolute atomic E-state index is 11.7. The van der Waals surface area contributed by atoms with Crippen molar-refractivity contribution in [3.63, 3.8) is 0 Å². The van der Waals surface area contributed by atoms with Gasteiger partial charge in [0.05, 0.1) is 19.8 Å². The molecule has 1 saturated carbocycles. The molecule has 0 spiro atoms. The van der Waals surface area contributed by atoms with Crippen LogP contribution in [0.1, 0.15) is 24.3 Å². The van der Waals surface area contributed by atoms with Crippen molar-refractivity contribution in [2.75, 3.05) is 26.3 Å². The molecule has 7 nitrogen and oxygen atoms in total. The third-order valence-corrected chi connectivity index (χ3v) is 4.53. The number of carbonyl (C=O) groups is 1. The van der Waals surface area contributed by atoms with Gasteiger partial charge in [-0.25, -0.2) is 0 Å². The van der Waals surface area contributed by atoms with Crippen molar-refractivity contribution in [3.05, 3.63) is 35.7 Å². The van der Waals surface area contributed by atoms with Gasteiger partial charge in [0.25, 0.3) is 0 Å². The van der Waals surface area contributed by atoms with E-state index in [0.29, 0.717) is 11.7 Å². The van der Waals surface area contributed by atoms with E-state index in [1.165, 1.54) is 5.56 Å². The maximum Gasteiger partial charge on any atom is 0.246 e. The van der Waals surface area contributed by atoms with Crippen molar-refractivity contribution in [2.24, 2.45) is 5.92 Å². The van der Waals surface area contributed by atoms with Crippen LogP contribution >= 0.6 is 0 Å². The molecule has 2 fully saturated rings. The molecule has 1 aromatic carbocycles. The molecule has 7 heteroatoms. The summed E-state index contributed by atoms with van der Waals surface area (Å²) in [5.74, 6) is 1.24. The molecule has 2 aliphatic rings. The van der Waals surface area contributed by atoms with E-state index >= 15 is 0 Å². The Labute approximate surface area is 146 Å². The van der Waals surface area contributed by atoms with Gasteiger partial charge in [0.1, 0.15) is 0 Å². The Morgan fingerprint density at radius 2 is 2.12 bits per heavy atom. The number of amides is 1. The lowest BCUT2D eigenvalue weighted by atomic mass is 10.1. The number of nitrogens with zero attached hydrogens (tertiary/aromatic N) is 3. The van der Waals surface area contributed by atoms with Crippen molar-refractivity contribution in [1.29, 1.82) is 0 Å². The average Bonchev–Trinajstić information content (AvgIpc) is 3.39. The Morgan fingerprint density at radius 3 is 2.92 bits per heavy atom. The molecule has 2 aromatic rings. The zero-order chi connectivity index (χ0) is 17.1. The molecule has 1 saturated heterocycles. The topological polar surface area (TPSA) is 80.5 Å². The van der Waals surface area contributed by atoms with Crippen LogP contribution < -0.4 is 5.32 Å². The second kappa shape index (κ2) is 7.33. The van der Waals surface area contributed by atoms with Gasteiger partial charge in [-0.3, -0.25) is 9.69 Å².